The number of likely N-dealkylation sites (tertiary alicyclic amines) is 1. The SMILES string of the molecule is C=CCC1=C2[C@H](CCN2C(=O)OCc2ccccc2)N(S(=O)(=O)c2cccc3c(N(C)C)cccc23)C1=O. The van der Waals surface area contributed by atoms with Gasteiger partial charge in [-0.2, -0.15) is 0 Å². The van der Waals surface area contributed by atoms with Gasteiger partial charge in [0, 0.05) is 42.7 Å². The van der Waals surface area contributed by atoms with E-state index in [2.05, 4.69) is 6.58 Å². The lowest BCUT2D eigenvalue weighted by atomic mass is 10.1. The number of hydrogen-bond donors (Lipinski definition) is 0. The second-order valence-corrected chi connectivity index (χ2v) is 11.3. The molecular formula is C29H29N3O5S. The molecule has 2 aliphatic heterocycles. The number of rotatable bonds is 7. The molecule has 0 aromatic heterocycles. The largest absolute Gasteiger partial charge is 0.444 e. The first-order valence-corrected chi connectivity index (χ1v) is 13.8. The summed E-state index contributed by atoms with van der Waals surface area (Å²) in [6.07, 6.45) is 1.36. The third-order valence-corrected chi connectivity index (χ3v) is 8.78. The van der Waals surface area contributed by atoms with Crippen LogP contribution in [0.25, 0.3) is 10.8 Å². The fourth-order valence-electron chi connectivity index (χ4n) is 5.25. The monoisotopic (exact) mass is 531 g/mol. The van der Waals surface area contributed by atoms with Crippen LogP contribution in [-0.4, -0.2) is 56.3 Å². The van der Waals surface area contributed by atoms with Crippen LogP contribution >= 0.6 is 0 Å². The van der Waals surface area contributed by atoms with Gasteiger partial charge in [0.15, 0.2) is 0 Å². The number of sulfonamides is 1. The molecule has 0 saturated carbocycles. The molecule has 2 heterocycles. The maximum atomic E-state index is 14.1. The highest BCUT2D eigenvalue weighted by Crippen LogP contribution is 2.42. The summed E-state index contributed by atoms with van der Waals surface area (Å²) in [5, 5.41) is 1.30. The maximum Gasteiger partial charge on any atom is 0.414 e. The molecule has 0 unspecified atom stereocenters. The molecule has 0 N–H and O–H groups in total. The number of carbonyl (C=O) groups excluding carboxylic acids is 2. The number of anilines is 1. The van der Waals surface area contributed by atoms with E-state index in [1.165, 1.54) is 11.0 Å². The zero-order valence-electron chi connectivity index (χ0n) is 21.3. The number of amides is 2. The van der Waals surface area contributed by atoms with Crippen LogP contribution in [0.5, 0.6) is 0 Å². The third-order valence-electron chi connectivity index (χ3n) is 6.93. The number of hydrogen-bond acceptors (Lipinski definition) is 6. The highest BCUT2D eigenvalue weighted by Gasteiger charge is 2.52. The van der Waals surface area contributed by atoms with Crippen LogP contribution in [0.2, 0.25) is 0 Å². The van der Waals surface area contributed by atoms with E-state index in [0.29, 0.717) is 11.1 Å². The fraction of sp³-hybridized carbons (Fsp3) is 0.241. The summed E-state index contributed by atoms with van der Waals surface area (Å²) < 4.78 is 34.7. The molecule has 2 aliphatic rings. The minimum Gasteiger partial charge on any atom is -0.444 e. The number of ether oxygens (including phenoxy) is 1. The van der Waals surface area contributed by atoms with Gasteiger partial charge in [0.25, 0.3) is 15.9 Å². The van der Waals surface area contributed by atoms with Crippen LogP contribution in [0.15, 0.2) is 95.6 Å². The molecule has 1 saturated heterocycles. The van der Waals surface area contributed by atoms with Gasteiger partial charge in [-0.15, -0.1) is 6.58 Å². The van der Waals surface area contributed by atoms with Crippen LogP contribution < -0.4 is 4.90 Å². The standard InChI is InChI=1S/C29H29N3O5S/c1-4-10-23-27-25(17-18-31(27)29(34)37-19-20-11-6-5-7-12-20)32(28(23)33)38(35,36)26-16-9-13-21-22(26)14-8-15-24(21)30(2)3/h4-9,11-16,25H,1,10,17-19H2,2-3H3/t25-/m0/s1. The minimum absolute atomic E-state index is 0.0522. The van der Waals surface area contributed by atoms with E-state index in [9.17, 15) is 18.0 Å². The van der Waals surface area contributed by atoms with Crippen molar-refractivity contribution < 1.29 is 22.7 Å². The van der Waals surface area contributed by atoms with Crippen LogP contribution in [0.1, 0.15) is 18.4 Å². The molecule has 9 heteroatoms. The summed E-state index contributed by atoms with van der Waals surface area (Å²) in [7, 11) is -0.475. The van der Waals surface area contributed by atoms with E-state index in [0.717, 1.165) is 20.9 Å². The quantitative estimate of drug-likeness (QED) is 0.412. The average Bonchev–Trinajstić information content (AvgIpc) is 3.45. The lowest BCUT2D eigenvalue weighted by Crippen LogP contribution is -2.40. The number of fused-ring (bicyclic) bond motifs is 2. The summed E-state index contributed by atoms with van der Waals surface area (Å²) >= 11 is 0. The van der Waals surface area contributed by atoms with Crippen molar-refractivity contribution in [3.05, 3.63) is 96.2 Å². The smallest absolute Gasteiger partial charge is 0.414 e. The highest BCUT2D eigenvalue weighted by atomic mass is 32.2. The van der Waals surface area contributed by atoms with Gasteiger partial charge in [0.1, 0.15) is 6.61 Å². The molecule has 0 aliphatic carbocycles. The summed E-state index contributed by atoms with van der Waals surface area (Å²) in [4.78, 5) is 30.1. The summed E-state index contributed by atoms with van der Waals surface area (Å²) in [6, 6.07) is 19.0. The van der Waals surface area contributed by atoms with Crippen molar-refractivity contribution in [2.45, 2.75) is 30.4 Å². The zero-order chi connectivity index (χ0) is 27.0. The van der Waals surface area contributed by atoms with Gasteiger partial charge in [-0.3, -0.25) is 9.69 Å². The Hall–Kier alpha value is -4.11. The van der Waals surface area contributed by atoms with Crippen LogP contribution in [-0.2, 0) is 26.2 Å². The third kappa shape index (κ3) is 4.22. The van der Waals surface area contributed by atoms with Crippen molar-refractivity contribution in [1.29, 1.82) is 0 Å². The van der Waals surface area contributed by atoms with E-state index in [-0.39, 0.29) is 36.5 Å². The molecule has 2 amide bonds. The Morgan fingerprint density at radius 2 is 1.76 bits per heavy atom. The molecule has 38 heavy (non-hydrogen) atoms. The fourth-order valence-corrected chi connectivity index (χ4v) is 7.04. The van der Waals surface area contributed by atoms with Crippen molar-refractivity contribution in [2.24, 2.45) is 0 Å². The Kier molecular flexibility index (Phi) is 6.71. The van der Waals surface area contributed by atoms with Crippen LogP contribution in [0.3, 0.4) is 0 Å². The Balaban J connectivity index is 1.51. The molecule has 0 bridgehead atoms. The van der Waals surface area contributed by atoms with Gasteiger partial charge in [-0.05, 0) is 30.5 Å². The lowest BCUT2D eigenvalue weighted by molar-refractivity contribution is -0.122. The molecule has 0 spiro atoms. The highest BCUT2D eigenvalue weighted by molar-refractivity contribution is 7.90. The zero-order valence-corrected chi connectivity index (χ0v) is 22.1. The molecule has 1 atom stereocenters. The second-order valence-electron chi connectivity index (χ2n) is 9.48. The number of allylic oxidation sites excluding steroid dienone is 1. The maximum absolute atomic E-state index is 14.1. The van der Waals surface area contributed by atoms with Gasteiger partial charge in [0.05, 0.1) is 16.6 Å². The molecule has 3 aromatic rings. The van der Waals surface area contributed by atoms with Gasteiger partial charge in [0.2, 0.25) is 0 Å². The molecule has 196 valence electrons. The first kappa shape index (κ1) is 25.5. The summed E-state index contributed by atoms with van der Waals surface area (Å²) in [5.41, 5.74) is 2.33. The average molecular weight is 532 g/mol. The van der Waals surface area contributed by atoms with E-state index in [1.54, 1.807) is 24.3 Å². The van der Waals surface area contributed by atoms with E-state index in [1.807, 2.05) is 61.5 Å². The Morgan fingerprint density at radius 3 is 2.47 bits per heavy atom. The topological polar surface area (TPSA) is 87.2 Å². The van der Waals surface area contributed by atoms with Crippen molar-refractivity contribution in [1.82, 2.24) is 9.21 Å². The summed E-state index contributed by atoms with van der Waals surface area (Å²) in [6.45, 7) is 4.06. The van der Waals surface area contributed by atoms with Crippen molar-refractivity contribution >= 4 is 38.5 Å². The first-order valence-electron chi connectivity index (χ1n) is 12.4. The molecule has 1 fully saturated rings. The number of carbonyl (C=O) groups is 2. The minimum atomic E-state index is -4.26. The van der Waals surface area contributed by atoms with Gasteiger partial charge >= 0.3 is 6.09 Å². The Labute approximate surface area is 222 Å². The molecule has 5 rings (SSSR count). The second kappa shape index (κ2) is 9.98. The normalized spacial score (nSPS) is 17.2. The molecule has 3 aromatic carbocycles. The first-order chi connectivity index (χ1) is 18.3. The van der Waals surface area contributed by atoms with Gasteiger partial charge in [-0.25, -0.2) is 17.5 Å². The lowest BCUT2D eigenvalue weighted by Gasteiger charge is -2.24. The molecule has 0 radical (unpaired) electrons. The van der Waals surface area contributed by atoms with Gasteiger partial charge in [-0.1, -0.05) is 60.7 Å². The van der Waals surface area contributed by atoms with Crippen molar-refractivity contribution in [3.8, 4) is 0 Å². The Morgan fingerprint density at radius 1 is 1.05 bits per heavy atom. The summed E-state index contributed by atoms with van der Waals surface area (Å²) in [5.74, 6) is -0.633. The predicted octanol–water partition coefficient (Wildman–Crippen LogP) is 4.68. The van der Waals surface area contributed by atoms with E-state index < -0.39 is 28.1 Å². The number of benzene rings is 3. The van der Waals surface area contributed by atoms with E-state index in [4.69, 9.17) is 4.74 Å². The predicted molar refractivity (Wildman–Crippen MR) is 146 cm³/mol. The Bertz CT molecular complexity index is 1560. The molecule has 8 nitrogen and oxygen atoms in total. The number of nitrogens with zero attached hydrogens (tertiary/aromatic N) is 3. The molecular weight excluding hydrogens is 502 g/mol. The van der Waals surface area contributed by atoms with Crippen LogP contribution in [0.4, 0.5) is 10.5 Å². The van der Waals surface area contributed by atoms with E-state index >= 15 is 0 Å². The van der Waals surface area contributed by atoms with Crippen molar-refractivity contribution in [2.75, 3.05) is 25.5 Å². The van der Waals surface area contributed by atoms with Crippen molar-refractivity contribution in [3.63, 3.8) is 0 Å². The van der Waals surface area contributed by atoms with Gasteiger partial charge < -0.3 is 9.64 Å². The van der Waals surface area contributed by atoms with Crippen LogP contribution in [0, 0.1) is 0 Å².